The number of hydrogen-bond acceptors (Lipinski definition) is 3. The van der Waals surface area contributed by atoms with Gasteiger partial charge in [0.15, 0.2) is 0 Å². The molecule has 19 heavy (non-hydrogen) atoms. The highest BCUT2D eigenvalue weighted by atomic mass is 79.9. The van der Waals surface area contributed by atoms with E-state index in [2.05, 4.69) is 63.2 Å². The molecule has 0 aromatic heterocycles. The third-order valence-corrected chi connectivity index (χ3v) is 4.79. The van der Waals surface area contributed by atoms with Crippen LogP contribution in [0.5, 0.6) is 0 Å². The molecule has 2 atom stereocenters. The summed E-state index contributed by atoms with van der Waals surface area (Å²) in [6.07, 6.45) is 0.0552. The molecule has 1 saturated heterocycles. The minimum atomic E-state index is 0.0552. The van der Waals surface area contributed by atoms with Crippen LogP contribution in [-0.2, 0) is 9.47 Å². The van der Waals surface area contributed by atoms with Gasteiger partial charge in [0.2, 0.25) is 0 Å². The highest BCUT2D eigenvalue weighted by Gasteiger charge is 2.27. The Kier molecular flexibility index (Phi) is 5.84. The van der Waals surface area contributed by atoms with Crippen molar-refractivity contribution in [3.05, 3.63) is 32.2 Å². The molecular formula is C14H19Br2NO2. The number of likely N-dealkylation sites (N-methyl/N-ethyl adjacent to an activating group) is 1. The predicted molar refractivity (Wildman–Crippen MR) is 83.6 cm³/mol. The molecule has 1 aromatic carbocycles. The fourth-order valence-corrected chi connectivity index (χ4v) is 3.33. The van der Waals surface area contributed by atoms with Crippen molar-refractivity contribution in [2.75, 3.05) is 26.4 Å². The number of benzene rings is 1. The topological polar surface area (TPSA) is 30.5 Å². The molecule has 1 fully saturated rings. The monoisotopic (exact) mass is 391 g/mol. The summed E-state index contributed by atoms with van der Waals surface area (Å²) < 4.78 is 13.6. The number of halogens is 2. The van der Waals surface area contributed by atoms with Crippen LogP contribution < -0.4 is 5.32 Å². The number of aryl methyl sites for hydroxylation is 1. The molecule has 1 aliphatic rings. The molecule has 0 aliphatic carbocycles. The third-order valence-electron chi connectivity index (χ3n) is 3.25. The average molecular weight is 393 g/mol. The van der Waals surface area contributed by atoms with Gasteiger partial charge in [-0.3, -0.25) is 0 Å². The first-order valence-electron chi connectivity index (χ1n) is 6.51. The molecule has 0 bridgehead atoms. The number of nitrogens with one attached hydrogen (secondary N) is 1. The van der Waals surface area contributed by atoms with Crippen LogP contribution in [0.2, 0.25) is 0 Å². The Morgan fingerprint density at radius 3 is 2.74 bits per heavy atom. The highest BCUT2D eigenvalue weighted by Crippen LogP contribution is 2.32. The molecular weight excluding hydrogens is 374 g/mol. The first-order chi connectivity index (χ1) is 9.13. The second-order valence-electron chi connectivity index (χ2n) is 4.64. The smallest absolute Gasteiger partial charge is 0.100 e. The van der Waals surface area contributed by atoms with Gasteiger partial charge in [0.1, 0.15) is 6.10 Å². The van der Waals surface area contributed by atoms with Crippen LogP contribution in [0.1, 0.15) is 24.1 Å². The summed E-state index contributed by atoms with van der Waals surface area (Å²) in [5.74, 6) is 0. The fourth-order valence-electron chi connectivity index (χ4n) is 2.26. The molecule has 2 unspecified atom stereocenters. The predicted octanol–water partition coefficient (Wildman–Crippen LogP) is 3.59. The number of ether oxygens (including phenoxy) is 2. The van der Waals surface area contributed by atoms with Crippen molar-refractivity contribution in [3.63, 3.8) is 0 Å². The molecule has 0 amide bonds. The van der Waals surface area contributed by atoms with Gasteiger partial charge in [0, 0.05) is 8.95 Å². The second-order valence-corrected chi connectivity index (χ2v) is 6.35. The Bertz CT molecular complexity index is 434. The molecule has 1 N–H and O–H groups in total. The highest BCUT2D eigenvalue weighted by molar-refractivity contribution is 9.11. The molecule has 3 nitrogen and oxygen atoms in total. The molecule has 5 heteroatoms. The summed E-state index contributed by atoms with van der Waals surface area (Å²) in [6, 6.07) is 4.43. The normalized spacial score (nSPS) is 21.4. The zero-order valence-corrected chi connectivity index (χ0v) is 14.4. The minimum Gasteiger partial charge on any atom is -0.376 e. The molecule has 2 rings (SSSR count). The second kappa shape index (κ2) is 7.18. The van der Waals surface area contributed by atoms with Crippen molar-refractivity contribution < 1.29 is 9.47 Å². The molecule has 106 valence electrons. The lowest BCUT2D eigenvalue weighted by Crippen LogP contribution is -2.40. The van der Waals surface area contributed by atoms with Gasteiger partial charge in [-0.25, -0.2) is 0 Å². The summed E-state index contributed by atoms with van der Waals surface area (Å²) in [5, 5.41) is 3.50. The fraction of sp³-hybridized carbons (Fsp3) is 0.571. The van der Waals surface area contributed by atoms with E-state index in [9.17, 15) is 0 Å². The van der Waals surface area contributed by atoms with Gasteiger partial charge in [-0.15, -0.1) is 0 Å². The van der Waals surface area contributed by atoms with Gasteiger partial charge in [-0.05, 0) is 36.7 Å². The van der Waals surface area contributed by atoms with E-state index in [1.165, 1.54) is 11.1 Å². The summed E-state index contributed by atoms with van der Waals surface area (Å²) >= 11 is 7.26. The van der Waals surface area contributed by atoms with Gasteiger partial charge in [-0.2, -0.15) is 0 Å². The molecule has 1 aromatic rings. The van der Waals surface area contributed by atoms with E-state index in [-0.39, 0.29) is 12.1 Å². The summed E-state index contributed by atoms with van der Waals surface area (Å²) in [6.45, 7) is 7.07. The van der Waals surface area contributed by atoms with Crippen LogP contribution in [0.4, 0.5) is 0 Å². The quantitative estimate of drug-likeness (QED) is 0.849. The average Bonchev–Trinajstić information content (AvgIpc) is 2.42. The Balaban J connectivity index is 2.29. The van der Waals surface area contributed by atoms with E-state index in [0.717, 1.165) is 15.5 Å². The van der Waals surface area contributed by atoms with Crippen molar-refractivity contribution in [3.8, 4) is 0 Å². The Hall–Kier alpha value is 0.0600. The van der Waals surface area contributed by atoms with E-state index in [1.807, 2.05) is 0 Å². The number of hydrogen-bond donors (Lipinski definition) is 1. The van der Waals surface area contributed by atoms with Gasteiger partial charge in [0.25, 0.3) is 0 Å². The van der Waals surface area contributed by atoms with E-state index >= 15 is 0 Å². The molecule has 1 heterocycles. The van der Waals surface area contributed by atoms with Crippen molar-refractivity contribution in [2.24, 2.45) is 0 Å². The van der Waals surface area contributed by atoms with E-state index in [4.69, 9.17) is 9.47 Å². The number of rotatable bonds is 4. The lowest BCUT2D eigenvalue weighted by atomic mass is 10.00. The van der Waals surface area contributed by atoms with Gasteiger partial charge >= 0.3 is 0 Å². The maximum atomic E-state index is 5.85. The van der Waals surface area contributed by atoms with Crippen LogP contribution in [-0.4, -0.2) is 32.5 Å². The summed E-state index contributed by atoms with van der Waals surface area (Å²) in [5.41, 5.74) is 2.42. The van der Waals surface area contributed by atoms with Crippen LogP contribution in [0.25, 0.3) is 0 Å². The Labute approximate surface area is 131 Å². The Morgan fingerprint density at radius 1 is 1.32 bits per heavy atom. The van der Waals surface area contributed by atoms with Crippen molar-refractivity contribution >= 4 is 31.9 Å². The van der Waals surface area contributed by atoms with Crippen molar-refractivity contribution in [2.45, 2.75) is 26.0 Å². The van der Waals surface area contributed by atoms with Crippen LogP contribution in [0, 0.1) is 6.92 Å². The van der Waals surface area contributed by atoms with Gasteiger partial charge in [0.05, 0.1) is 25.9 Å². The van der Waals surface area contributed by atoms with E-state index in [0.29, 0.717) is 19.8 Å². The largest absolute Gasteiger partial charge is 0.376 e. The first kappa shape index (κ1) is 15.4. The van der Waals surface area contributed by atoms with Crippen molar-refractivity contribution in [1.82, 2.24) is 5.32 Å². The van der Waals surface area contributed by atoms with E-state index in [1.54, 1.807) is 0 Å². The summed E-state index contributed by atoms with van der Waals surface area (Å²) in [7, 11) is 0. The lowest BCUT2D eigenvalue weighted by molar-refractivity contribution is -0.102. The van der Waals surface area contributed by atoms with Crippen LogP contribution >= 0.6 is 31.9 Å². The van der Waals surface area contributed by atoms with Crippen LogP contribution in [0.15, 0.2) is 21.1 Å². The van der Waals surface area contributed by atoms with E-state index < -0.39 is 0 Å². The molecule has 0 saturated carbocycles. The maximum absolute atomic E-state index is 5.85. The van der Waals surface area contributed by atoms with Crippen LogP contribution in [0.3, 0.4) is 0 Å². The third kappa shape index (κ3) is 3.79. The Morgan fingerprint density at radius 2 is 2.11 bits per heavy atom. The standard InChI is InChI=1S/C14H19Br2NO2/c1-3-17-14(13-8-18-4-5-19-13)10-7-11(15)9(2)6-12(10)16/h6-7,13-14,17H,3-5,8H2,1-2H3. The maximum Gasteiger partial charge on any atom is 0.100 e. The zero-order chi connectivity index (χ0) is 13.8. The molecule has 0 radical (unpaired) electrons. The van der Waals surface area contributed by atoms with Crippen molar-refractivity contribution in [1.29, 1.82) is 0 Å². The molecule has 1 aliphatic heterocycles. The zero-order valence-electron chi connectivity index (χ0n) is 11.2. The first-order valence-corrected chi connectivity index (χ1v) is 8.10. The SMILES string of the molecule is CCNC(c1cc(Br)c(C)cc1Br)C1COCCO1. The van der Waals surface area contributed by atoms with Gasteiger partial charge in [-0.1, -0.05) is 38.8 Å². The lowest BCUT2D eigenvalue weighted by Gasteiger charge is -2.32. The van der Waals surface area contributed by atoms with Gasteiger partial charge < -0.3 is 14.8 Å². The minimum absolute atomic E-state index is 0.0552. The summed E-state index contributed by atoms with van der Waals surface area (Å²) in [4.78, 5) is 0. The molecule has 0 spiro atoms.